The molecule has 0 spiro atoms. The number of aromatic nitrogens is 1. The standard InChI is InChI=1S/C19H17ClN2O3/c1-2-24-16-8-6-13(7-9-16)11-21-19(23)17-18(25-12-22-17)14-4-3-5-15(20)10-14/h3-10,12H,2,11H2,1H3,(H,21,23). The predicted molar refractivity (Wildman–Crippen MR) is 95.7 cm³/mol. The zero-order chi connectivity index (χ0) is 17.6. The molecule has 0 fully saturated rings. The maximum atomic E-state index is 12.4. The van der Waals surface area contributed by atoms with E-state index in [1.54, 1.807) is 18.2 Å². The zero-order valence-electron chi connectivity index (χ0n) is 13.7. The van der Waals surface area contributed by atoms with Gasteiger partial charge in [-0.25, -0.2) is 4.98 Å². The third-order valence-corrected chi connectivity index (χ3v) is 3.79. The molecule has 1 amide bonds. The van der Waals surface area contributed by atoms with Gasteiger partial charge >= 0.3 is 0 Å². The van der Waals surface area contributed by atoms with Gasteiger partial charge in [0.2, 0.25) is 0 Å². The average molecular weight is 357 g/mol. The number of benzene rings is 2. The Balaban J connectivity index is 1.69. The largest absolute Gasteiger partial charge is 0.494 e. The Morgan fingerprint density at radius 2 is 2.04 bits per heavy atom. The minimum absolute atomic E-state index is 0.230. The topological polar surface area (TPSA) is 64.4 Å². The Kier molecular flexibility index (Phi) is 5.36. The Morgan fingerprint density at radius 1 is 1.24 bits per heavy atom. The molecule has 0 aliphatic heterocycles. The number of carbonyl (C=O) groups excluding carboxylic acids is 1. The summed E-state index contributed by atoms with van der Waals surface area (Å²) in [6, 6.07) is 14.7. The summed E-state index contributed by atoms with van der Waals surface area (Å²) in [4.78, 5) is 16.5. The van der Waals surface area contributed by atoms with E-state index < -0.39 is 0 Å². The van der Waals surface area contributed by atoms with Crippen LogP contribution < -0.4 is 10.1 Å². The van der Waals surface area contributed by atoms with Crippen LogP contribution in [0.1, 0.15) is 23.0 Å². The van der Waals surface area contributed by atoms with E-state index in [1.165, 1.54) is 6.39 Å². The Bertz CT molecular complexity index is 859. The number of nitrogens with one attached hydrogen (secondary N) is 1. The number of hydrogen-bond donors (Lipinski definition) is 1. The van der Waals surface area contributed by atoms with Crippen molar-refractivity contribution in [2.45, 2.75) is 13.5 Å². The Labute approximate surface area is 150 Å². The molecular weight excluding hydrogens is 340 g/mol. The summed E-state index contributed by atoms with van der Waals surface area (Å²) in [7, 11) is 0. The fourth-order valence-corrected chi connectivity index (χ4v) is 2.57. The van der Waals surface area contributed by atoms with Crippen LogP contribution >= 0.6 is 11.6 Å². The number of nitrogens with zero attached hydrogens (tertiary/aromatic N) is 1. The number of hydrogen-bond acceptors (Lipinski definition) is 4. The predicted octanol–water partition coefficient (Wildman–Crippen LogP) is 4.32. The highest BCUT2D eigenvalue weighted by molar-refractivity contribution is 6.30. The number of amides is 1. The molecule has 128 valence electrons. The molecule has 3 aromatic rings. The van der Waals surface area contributed by atoms with Crippen LogP contribution in [0.3, 0.4) is 0 Å². The van der Waals surface area contributed by atoms with Crippen molar-refractivity contribution in [3.05, 3.63) is 71.2 Å². The van der Waals surface area contributed by atoms with Gasteiger partial charge in [-0.2, -0.15) is 0 Å². The lowest BCUT2D eigenvalue weighted by Crippen LogP contribution is -2.23. The van der Waals surface area contributed by atoms with Crippen molar-refractivity contribution in [1.82, 2.24) is 10.3 Å². The summed E-state index contributed by atoms with van der Waals surface area (Å²) in [5, 5.41) is 3.41. The summed E-state index contributed by atoms with van der Waals surface area (Å²) in [6.07, 6.45) is 1.25. The number of ether oxygens (including phenoxy) is 1. The smallest absolute Gasteiger partial charge is 0.274 e. The monoisotopic (exact) mass is 356 g/mol. The summed E-state index contributed by atoms with van der Waals surface area (Å²) in [5.74, 6) is 0.890. The van der Waals surface area contributed by atoms with Crippen molar-refractivity contribution in [2.75, 3.05) is 6.61 Å². The lowest BCUT2D eigenvalue weighted by atomic mass is 10.1. The van der Waals surface area contributed by atoms with E-state index in [1.807, 2.05) is 37.3 Å². The molecule has 1 N–H and O–H groups in total. The van der Waals surface area contributed by atoms with Gasteiger partial charge in [-0.05, 0) is 36.8 Å². The van der Waals surface area contributed by atoms with E-state index in [2.05, 4.69) is 10.3 Å². The molecule has 0 saturated heterocycles. The molecule has 0 atom stereocenters. The Hall–Kier alpha value is -2.79. The van der Waals surface area contributed by atoms with E-state index >= 15 is 0 Å². The van der Waals surface area contributed by atoms with E-state index in [4.69, 9.17) is 20.8 Å². The number of carbonyl (C=O) groups is 1. The molecule has 0 radical (unpaired) electrons. The van der Waals surface area contributed by atoms with Crippen molar-refractivity contribution >= 4 is 17.5 Å². The molecule has 5 nitrogen and oxygen atoms in total. The summed E-state index contributed by atoms with van der Waals surface area (Å²) < 4.78 is 10.8. The molecule has 3 rings (SSSR count). The van der Waals surface area contributed by atoms with Crippen LogP contribution in [0.25, 0.3) is 11.3 Å². The van der Waals surface area contributed by atoms with Crippen LogP contribution in [-0.4, -0.2) is 17.5 Å². The van der Waals surface area contributed by atoms with Gasteiger partial charge in [0, 0.05) is 17.1 Å². The third kappa shape index (κ3) is 4.19. The van der Waals surface area contributed by atoms with Crippen LogP contribution in [0.2, 0.25) is 5.02 Å². The van der Waals surface area contributed by atoms with Crippen molar-refractivity contribution in [1.29, 1.82) is 0 Å². The van der Waals surface area contributed by atoms with E-state index in [0.717, 1.165) is 11.3 Å². The lowest BCUT2D eigenvalue weighted by Gasteiger charge is -2.07. The maximum absolute atomic E-state index is 12.4. The molecule has 1 heterocycles. The highest BCUT2D eigenvalue weighted by Crippen LogP contribution is 2.25. The minimum Gasteiger partial charge on any atom is -0.494 e. The second-order valence-electron chi connectivity index (χ2n) is 5.30. The summed E-state index contributed by atoms with van der Waals surface area (Å²) in [6.45, 7) is 2.94. The van der Waals surface area contributed by atoms with E-state index in [-0.39, 0.29) is 11.6 Å². The van der Waals surface area contributed by atoms with Crippen molar-refractivity contribution in [3.63, 3.8) is 0 Å². The normalized spacial score (nSPS) is 10.5. The molecule has 25 heavy (non-hydrogen) atoms. The first kappa shape index (κ1) is 17.0. The van der Waals surface area contributed by atoms with Crippen molar-refractivity contribution in [2.24, 2.45) is 0 Å². The van der Waals surface area contributed by atoms with E-state index in [9.17, 15) is 4.79 Å². The number of oxazole rings is 1. The fraction of sp³-hybridized carbons (Fsp3) is 0.158. The molecule has 0 bridgehead atoms. The minimum atomic E-state index is -0.308. The Morgan fingerprint density at radius 3 is 2.76 bits per heavy atom. The van der Waals surface area contributed by atoms with Crippen molar-refractivity contribution in [3.8, 4) is 17.1 Å². The van der Waals surface area contributed by atoms with Crippen LogP contribution in [0.4, 0.5) is 0 Å². The van der Waals surface area contributed by atoms with Gasteiger partial charge in [0.25, 0.3) is 5.91 Å². The zero-order valence-corrected chi connectivity index (χ0v) is 14.4. The molecule has 0 unspecified atom stereocenters. The first-order chi connectivity index (χ1) is 12.2. The van der Waals surface area contributed by atoms with Crippen LogP contribution in [0.15, 0.2) is 59.3 Å². The second kappa shape index (κ2) is 7.85. The lowest BCUT2D eigenvalue weighted by molar-refractivity contribution is 0.0947. The molecule has 0 aliphatic rings. The van der Waals surface area contributed by atoms with Gasteiger partial charge in [0.05, 0.1) is 6.61 Å². The summed E-state index contributed by atoms with van der Waals surface area (Å²) in [5.41, 5.74) is 1.90. The molecule has 6 heteroatoms. The van der Waals surface area contributed by atoms with Gasteiger partial charge in [-0.15, -0.1) is 0 Å². The average Bonchev–Trinajstić information content (AvgIpc) is 3.11. The second-order valence-corrected chi connectivity index (χ2v) is 5.74. The number of rotatable bonds is 6. The van der Waals surface area contributed by atoms with Gasteiger partial charge in [0.1, 0.15) is 5.75 Å². The van der Waals surface area contributed by atoms with Gasteiger partial charge in [-0.1, -0.05) is 35.9 Å². The summed E-state index contributed by atoms with van der Waals surface area (Å²) >= 11 is 6.00. The highest BCUT2D eigenvalue weighted by atomic mass is 35.5. The highest BCUT2D eigenvalue weighted by Gasteiger charge is 2.18. The number of halogens is 1. The van der Waals surface area contributed by atoms with Gasteiger partial charge in [0.15, 0.2) is 17.8 Å². The maximum Gasteiger partial charge on any atom is 0.274 e. The van der Waals surface area contributed by atoms with Crippen LogP contribution in [-0.2, 0) is 6.54 Å². The SMILES string of the molecule is CCOc1ccc(CNC(=O)c2ncoc2-c2cccc(Cl)c2)cc1. The van der Waals surface area contributed by atoms with Crippen molar-refractivity contribution < 1.29 is 13.9 Å². The van der Waals surface area contributed by atoms with Crippen LogP contribution in [0.5, 0.6) is 5.75 Å². The van der Waals surface area contributed by atoms with E-state index in [0.29, 0.717) is 29.5 Å². The molecule has 0 saturated carbocycles. The first-order valence-corrected chi connectivity index (χ1v) is 8.24. The molecule has 1 aromatic heterocycles. The molecular formula is C19H17ClN2O3. The molecule has 0 aliphatic carbocycles. The van der Waals surface area contributed by atoms with Gasteiger partial charge < -0.3 is 14.5 Å². The third-order valence-electron chi connectivity index (χ3n) is 3.56. The first-order valence-electron chi connectivity index (χ1n) is 7.86. The quantitative estimate of drug-likeness (QED) is 0.714. The van der Waals surface area contributed by atoms with Crippen LogP contribution in [0, 0.1) is 0 Å². The molecule has 2 aromatic carbocycles. The fourth-order valence-electron chi connectivity index (χ4n) is 2.38. The van der Waals surface area contributed by atoms with Gasteiger partial charge in [-0.3, -0.25) is 4.79 Å².